The molecule has 1 N–H and O–H groups in total. The van der Waals surface area contributed by atoms with Crippen molar-refractivity contribution in [2.45, 2.75) is 26.9 Å². The van der Waals surface area contributed by atoms with Crippen molar-refractivity contribution in [3.8, 4) is 0 Å². The van der Waals surface area contributed by atoms with Crippen molar-refractivity contribution >= 4 is 28.9 Å². The van der Waals surface area contributed by atoms with Crippen LogP contribution >= 0.6 is 11.3 Å². The highest BCUT2D eigenvalue weighted by Crippen LogP contribution is 2.26. The van der Waals surface area contributed by atoms with E-state index in [1.54, 1.807) is 18.2 Å². The minimum Gasteiger partial charge on any atom is -0.444 e. The quantitative estimate of drug-likeness (QED) is 0.619. The smallest absolute Gasteiger partial charge is 0.340 e. The standard InChI is InChI=1S/C22H21NO3S/c1-14-9-11-18(12-10-14)23-21(24)20(17-7-5-4-6-8-17)26-22(25)19-13-15(2)27-16(19)3/h4-13,20H,1-3H3,(H,23,24)/t20-/m0/s1. The molecule has 27 heavy (non-hydrogen) atoms. The fourth-order valence-corrected chi connectivity index (χ4v) is 3.66. The molecule has 3 aromatic rings. The number of rotatable bonds is 5. The second kappa shape index (κ2) is 8.18. The van der Waals surface area contributed by atoms with Crippen LogP contribution in [0.3, 0.4) is 0 Å². The number of amides is 1. The zero-order valence-corrected chi connectivity index (χ0v) is 16.3. The average molecular weight is 379 g/mol. The Morgan fingerprint density at radius 1 is 0.963 bits per heavy atom. The number of anilines is 1. The number of thiophene rings is 1. The van der Waals surface area contributed by atoms with E-state index in [-0.39, 0.29) is 5.91 Å². The van der Waals surface area contributed by atoms with E-state index in [0.29, 0.717) is 16.8 Å². The fourth-order valence-electron chi connectivity index (χ4n) is 2.75. The van der Waals surface area contributed by atoms with Gasteiger partial charge in [-0.3, -0.25) is 4.79 Å². The predicted molar refractivity (Wildman–Crippen MR) is 108 cm³/mol. The number of benzene rings is 2. The van der Waals surface area contributed by atoms with E-state index in [1.165, 1.54) is 11.3 Å². The summed E-state index contributed by atoms with van der Waals surface area (Å²) in [4.78, 5) is 27.4. The molecule has 0 bridgehead atoms. The second-order valence-electron chi connectivity index (χ2n) is 6.38. The summed E-state index contributed by atoms with van der Waals surface area (Å²) in [5.74, 6) is -0.882. The molecular formula is C22H21NO3S. The summed E-state index contributed by atoms with van der Waals surface area (Å²) in [7, 11) is 0. The van der Waals surface area contributed by atoms with Crippen LogP contribution in [-0.4, -0.2) is 11.9 Å². The van der Waals surface area contributed by atoms with Gasteiger partial charge in [0, 0.05) is 21.0 Å². The summed E-state index contributed by atoms with van der Waals surface area (Å²) in [6.45, 7) is 5.79. The van der Waals surface area contributed by atoms with Gasteiger partial charge in [0.05, 0.1) is 5.56 Å². The monoisotopic (exact) mass is 379 g/mol. The highest BCUT2D eigenvalue weighted by molar-refractivity contribution is 7.12. The molecule has 5 heteroatoms. The Kier molecular flexibility index (Phi) is 5.72. The van der Waals surface area contributed by atoms with Crippen LogP contribution in [0.15, 0.2) is 60.7 Å². The number of aryl methyl sites for hydroxylation is 3. The summed E-state index contributed by atoms with van der Waals surface area (Å²) in [5, 5.41) is 2.83. The van der Waals surface area contributed by atoms with E-state index in [0.717, 1.165) is 15.3 Å². The lowest BCUT2D eigenvalue weighted by molar-refractivity contribution is -0.125. The summed E-state index contributed by atoms with van der Waals surface area (Å²) < 4.78 is 5.63. The molecule has 0 saturated carbocycles. The van der Waals surface area contributed by atoms with Crippen LogP contribution in [0.5, 0.6) is 0 Å². The first-order valence-electron chi connectivity index (χ1n) is 8.64. The number of nitrogens with one attached hydrogen (secondary N) is 1. The number of carbonyl (C=O) groups is 2. The molecular weight excluding hydrogens is 358 g/mol. The van der Waals surface area contributed by atoms with Crippen LogP contribution in [0.1, 0.15) is 37.3 Å². The van der Waals surface area contributed by atoms with Crippen LogP contribution in [0, 0.1) is 20.8 Å². The van der Waals surface area contributed by atoms with E-state index < -0.39 is 12.1 Å². The molecule has 0 radical (unpaired) electrons. The number of hydrogen-bond donors (Lipinski definition) is 1. The van der Waals surface area contributed by atoms with E-state index >= 15 is 0 Å². The Balaban J connectivity index is 1.84. The molecule has 1 atom stereocenters. The molecule has 1 heterocycles. The lowest BCUT2D eigenvalue weighted by Gasteiger charge is -2.18. The van der Waals surface area contributed by atoms with Crippen molar-refractivity contribution in [1.82, 2.24) is 0 Å². The molecule has 0 saturated heterocycles. The van der Waals surface area contributed by atoms with Crippen LogP contribution < -0.4 is 5.32 Å². The van der Waals surface area contributed by atoms with Gasteiger partial charge in [0.2, 0.25) is 6.10 Å². The van der Waals surface area contributed by atoms with Gasteiger partial charge in [-0.25, -0.2) is 4.79 Å². The first kappa shape index (κ1) is 18.9. The topological polar surface area (TPSA) is 55.4 Å². The van der Waals surface area contributed by atoms with Gasteiger partial charge in [-0.2, -0.15) is 0 Å². The van der Waals surface area contributed by atoms with E-state index in [4.69, 9.17) is 4.74 Å². The van der Waals surface area contributed by atoms with Gasteiger partial charge in [0.15, 0.2) is 0 Å². The zero-order chi connectivity index (χ0) is 19.4. The third kappa shape index (κ3) is 4.63. The van der Waals surface area contributed by atoms with Gasteiger partial charge < -0.3 is 10.1 Å². The van der Waals surface area contributed by atoms with Gasteiger partial charge in [0.25, 0.3) is 5.91 Å². The van der Waals surface area contributed by atoms with Gasteiger partial charge in [0.1, 0.15) is 0 Å². The summed E-state index contributed by atoms with van der Waals surface area (Å²) >= 11 is 1.53. The highest BCUT2D eigenvalue weighted by Gasteiger charge is 2.27. The van der Waals surface area contributed by atoms with Crippen molar-refractivity contribution < 1.29 is 14.3 Å². The number of hydrogen-bond acceptors (Lipinski definition) is 4. The molecule has 2 aromatic carbocycles. The van der Waals surface area contributed by atoms with Gasteiger partial charge in [-0.1, -0.05) is 48.0 Å². The van der Waals surface area contributed by atoms with Crippen molar-refractivity contribution in [2.24, 2.45) is 0 Å². The molecule has 1 amide bonds. The molecule has 0 aliphatic heterocycles. The molecule has 4 nitrogen and oxygen atoms in total. The third-order valence-corrected chi connectivity index (χ3v) is 5.11. The maximum atomic E-state index is 12.9. The van der Waals surface area contributed by atoms with E-state index in [9.17, 15) is 9.59 Å². The molecule has 0 aliphatic rings. The van der Waals surface area contributed by atoms with Crippen LogP contribution in [0.25, 0.3) is 0 Å². The molecule has 0 unspecified atom stereocenters. The molecule has 0 spiro atoms. The third-order valence-electron chi connectivity index (χ3n) is 4.15. The maximum absolute atomic E-state index is 12.9. The fraction of sp³-hybridized carbons (Fsp3) is 0.182. The minimum absolute atomic E-state index is 0.386. The first-order chi connectivity index (χ1) is 12.9. The maximum Gasteiger partial charge on any atom is 0.340 e. The molecule has 138 valence electrons. The molecule has 3 rings (SSSR count). The normalized spacial score (nSPS) is 11.7. The van der Waals surface area contributed by atoms with Gasteiger partial charge in [-0.05, 0) is 39.0 Å². The number of carbonyl (C=O) groups excluding carboxylic acids is 2. The van der Waals surface area contributed by atoms with Crippen molar-refractivity contribution in [3.63, 3.8) is 0 Å². The Morgan fingerprint density at radius 3 is 2.22 bits per heavy atom. The Hall–Kier alpha value is -2.92. The number of ether oxygens (including phenoxy) is 1. The van der Waals surface area contributed by atoms with Crippen molar-refractivity contribution in [1.29, 1.82) is 0 Å². The van der Waals surface area contributed by atoms with Gasteiger partial charge >= 0.3 is 5.97 Å². The lowest BCUT2D eigenvalue weighted by atomic mass is 10.1. The zero-order valence-electron chi connectivity index (χ0n) is 15.5. The summed E-state index contributed by atoms with van der Waals surface area (Å²) in [5.41, 5.74) is 2.88. The second-order valence-corrected chi connectivity index (χ2v) is 7.84. The Morgan fingerprint density at radius 2 is 1.63 bits per heavy atom. The predicted octanol–water partition coefficient (Wildman–Crippen LogP) is 5.21. The van der Waals surface area contributed by atoms with Crippen molar-refractivity contribution in [2.75, 3.05) is 5.32 Å². The Labute approximate surface area is 162 Å². The van der Waals surface area contributed by atoms with Crippen LogP contribution in [0.4, 0.5) is 5.69 Å². The van der Waals surface area contributed by atoms with Crippen LogP contribution in [-0.2, 0) is 9.53 Å². The molecule has 0 aliphatic carbocycles. The largest absolute Gasteiger partial charge is 0.444 e. The van der Waals surface area contributed by atoms with E-state index in [2.05, 4.69) is 5.32 Å². The van der Waals surface area contributed by atoms with Gasteiger partial charge in [-0.15, -0.1) is 11.3 Å². The summed E-state index contributed by atoms with van der Waals surface area (Å²) in [6.07, 6.45) is -1.03. The molecule has 1 aromatic heterocycles. The lowest BCUT2D eigenvalue weighted by Crippen LogP contribution is -2.26. The number of esters is 1. The van der Waals surface area contributed by atoms with Crippen LogP contribution in [0.2, 0.25) is 0 Å². The highest BCUT2D eigenvalue weighted by atomic mass is 32.1. The van der Waals surface area contributed by atoms with Crippen molar-refractivity contribution in [3.05, 3.63) is 87.1 Å². The SMILES string of the molecule is Cc1ccc(NC(=O)[C@@H](OC(=O)c2cc(C)sc2C)c2ccccc2)cc1. The molecule has 0 fully saturated rings. The average Bonchev–Trinajstić information content (AvgIpc) is 3.00. The summed E-state index contributed by atoms with van der Waals surface area (Å²) in [6, 6.07) is 18.3. The van der Waals surface area contributed by atoms with E-state index in [1.807, 2.05) is 63.2 Å². The Bertz CT molecular complexity index is 945. The minimum atomic E-state index is -1.03. The first-order valence-corrected chi connectivity index (χ1v) is 9.46.